The minimum Gasteiger partial charge on any atom is -0.325 e. The molecule has 6 heteroatoms. The van der Waals surface area contributed by atoms with Gasteiger partial charge in [0.15, 0.2) is 0 Å². The van der Waals surface area contributed by atoms with Crippen molar-refractivity contribution in [1.82, 2.24) is 14.5 Å². The fourth-order valence-electron chi connectivity index (χ4n) is 2.87. The van der Waals surface area contributed by atoms with Gasteiger partial charge in [-0.15, -0.1) is 0 Å². The molecule has 2 heterocycles. The van der Waals surface area contributed by atoms with E-state index in [4.69, 9.17) is 23.2 Å². The Morgan fingerprint density at radius 2 is 1.79 bits per heavy atom. The van der Waals surface area contributed by atoms with Gasteiger partial charge in [0.25, 0.3) is 0 Å². The molecular formula is C18H14Cl2N4. The van der Waals surface area contributed by atoms with Gasteiger partial charge in [0.2, 0.25) is 5.95 Å². The second-order valence-corrected chi connectivity index (χ2v) is 6.46. The van der Waals surface area contributed by atoms with Crippen LogP contribution in [0.15, 0.2) is 42.5 Å². The van der Waals surface area contributed by atoms with Crippen molar-refractivity contribution in [2.24, 2.45) is 7.05 Å². The fourth-order valence-corrected chi connectivity index (χ4v) is 3.29. The van der Waals surface area contributed by atoms with Crippen molar-refractivity contribution >= 4 is 56.8 Å². The number of aromatic nitrogens is 3. The number of nitrogens with one attached hydrogen (secondary N) is 1. The highest BCUT2D eigenvalue weighted by Gasteiger charge is 2.14. The first kappa shape index (κ1) is 15.2. The van der Waals surface area contributed by atoms with E-state index < -0.39 is 0 Å². The van der Waals surface area contributed by atoms with E-state index >= 15 is 0 Å². The van der Waals surface area contributed by atoms with E-state index in [1.165, 1.54) is 0 Å². The largest absolute Gasteiger partial charge is 0.325 e. The fraction of sp³-hybridized carbons (Fsp3) is 0.111. The number of pyridine rings is 1. The quantitative estimate of drug-likeness (QED) is 0.517. The third-order valence-corrected chi connectivity index (χ3v) is 4.83. The van der Waals surface area contributed by atoms with Crippen molar-refractivity contribution in [2.75, 3.05) is 5.32 Å². The molecule has 120 valence electrons. The van der Waals surface area contributed by atoms with E-state index in [2.05, 4.69) is 15.3 Å². The van der Waals surface area contributed by atoms with E-state index in [1.54, 1.807) is 6.07 Å². The van der Waals surface area contributed by atoms with Crippen LogP contribution in [-0.4, -0.2) is 14.5 Å². The summed E-state index contributed by atoms with van der Waals surface area (Å²) in [5.74, 6) is 0.735. The highest BCUT2D eigenvalue weighted by atomic mass is 35.5. The van der Waals surface area contributed by atoms with Gasteiger partial charge in [0, 0.05) is 18.1 Å². The number of benzene rings is 2. The Labute approximate surface area is 149 Å². The van der Waals surface area contributed by atoms with Gasteiger partial charge in [-0.25, -0.2) is 4.98 Å². The molecule has 2 aromatic carbocycles. The topological polar surface area (TPSA) is 42.7 Å². The highest BCUT2D eigenvalue weighted by Crippen LogP contribution is 2.36. The molecule has 0 unspecified atom stereocenters. The smallest absolute Gasteiger partial charge is 0.208 e. The van der Waals surface area contributed by atoms with Crippen LogP contribution in [-0.2, 0) is 7.05 Å². The van der Waals surface area contributed by atoms with Crippen molar-refractivity contribution in [1.29, 1.82) is 0 Å². The molecule has 0 radical (unpaired) electrons. The summed E-state index contributed by atoms with van der Waals surface area (Å²) < 4.78 is 2.01. The van der Waals surface area contributed by atoms with Crippen molar-refractivity contribution in [3.05, 3.63) is 58.2 Å². The SMILES string of the molecule is Cc1cc(Nc2nc3ccccc3n2C)c2c(Cl)c(Cl)ccc2n1. The first-order valence-electron chi connectivity index (χ1n) is 7.48. The zero-order valence-electron chi connectivity index (χ0n) is 13.1. The Bertz CT molecular complexity index is 1090. The van der Waals surface area contributed by atoms with Gasteiger partial charge >= 0.3 is 0 Å². The van der Waals surface area contributed by atoms with Gasteiger partial charge < -0.3 is 9.88 Å². The maximum Gasteiger partial charge on any atom is 0.208 e. The van der Waals surface area contributed by atoms with Crippen molar-refractivity contribution in [3.8, 4) is 0 Å². The number of anilines is 2. The summed E-state index contributed by atoms with van der Waals surface area (Å²) in [6.45, 7) is 1.95. The first-order chi connectivity index (χ1) is 11.5. The number of fused-ring (bicyclic) bond motifs is 2. The molecule has 2 aromatic heterocycles. The van der Waals surface area contributed by atoms with Crippen LogP contribution in [0.1, 0.15) is 5.69 Å². The number of nitrogens with zero attached hydrogens (tertiary/aromatic N) is 3. The molecule has 4 aromatic rings. The van der Waals surface area contributed by atoms with Gasteiger partial charge in [-0.1, -0.05) is 35.3 Å². The van der Waals surface area contributed by atoms with Crippen LogP contribution >= 0.6 is 23.2 Å². The van der Waals surface area contributed by atoms with Crippen molar-refractivity contribution in [3.63, 3.8) is 0 Å². The minimum atomic E-state index is 0.489. The van der Waals surface area contributed by atoms with Gasteiger partial charge in [-0.2, -0.15) is 0 Å². The number of aryl methyl sites for hydroxylation is 2. The number of imidazole rings is 1. The Morgan fingerprint density at radius 3 is 2.58 bits per heavy atom. The molecule has 4 rings (SSSR count). The molecule has 24 heavy (non-hydrogen) atoms. The van der Waals surface area contributed by atoms with Gasteiger partial charge in [0.1, 0.15) is 0 Å². The second-order valence-electron chi connectivity index (χ2n) is 5.67. The predicted octanol–water partition coefficient (Wildman–Crippen LogP) is 5.48. The predicted molar refractivity (Wildman–Crippen MR) is 100 cm³/mol. The van der Waals surface area contributed by atoms with Crippen molar-refractivity contribution < 1.29 is 0 Å². The molecule has 0 saturated heterocycles. The lowest BCUT2D eigenvalue weighted by molar-refractivity contribution is 0.958. The first-order valence-corrected chi connectivity index (χ1v) is 8.24. The number of rotatable bonds is 2. The van der Waals surface area contributed by atoms with Crippen LogP contribution in [0.5, 0.6) is 0 Å². The molecule has 0 atom stereocenters. The van der Waals surface area contributed by atoms with E-state index in [9.17, 15) is 0 Å². The molecule has 4 nitrogen and oxygen atoms in total. The molecule has 0 aliphatic rings. The zero-order valence-corrected chi connectivity index (χ0v) is 14.7. The van der Waals surface area contributed by atoms with E-state index in [-0.39, 0.29) is 0 Å². The van der Waals surface area contributed by atoms with E-state index in [0.717, 1.165) is 39.3 Å². The highest BCUT2D eigenvalue weighted by molar-refractivity contribution is 6.45. The summed E-state index contributed by atoms with van der Waals surface area (Å²) in [5, 5.41) is 5.17. The zero-order chi connectivity index (χ0) is 16.8. The third-order valence-electron chi connectivity index (χ3n) is 4.03. The lowest BCUT2D eigenvalue weighted by Gasteiger charge is -2.12. The summed E-state index contributed by atoms with van der Waals surface area (Å²) in [5.41, 5.74) is 4.51. The summed E-state index contributed by atoms with van der Waals surface area (Å²) >= 11 is 12.6. The Morgan fingerprint density at radius 1 is 1.00 bits per heavy atom. The number of hydrogen-bond acceptors (Lipinski definition) is 3. The molecule has 0 bridgehead atoms. The molecule has 1 N–H and O–H groups in total. The average molecular weight is 357 g/mol. The standard InChI is InChI=1S/C18H14Cl2N4/c1-10-9-14(16-13(21-10)8-7-11(19)17(16)20)23-18-22-12-5-3-4-6-15(12)24(18)2/h3-9H,1-2H3,(H,21,22,23). The summed E-state index contributed by atoms with van der Waals surface area (Å²) in [7, 11) is 1.97. The molecule has 0 amide bonds. The molecule has 0 spiro atoms. The van der Waals surface area contributed by atoms with Crippen LogP contribution in [0, 0.1) is 6.92 Å². The summed E-state index contributed by atoms with van der Waals surface area (Å²) in [6.07, 6.45) is 0. The molecule has 0 fully saturated rings. The summed E-state index contributed by atoms with van der Waals surface area (Å²) in [4.78, 5) is 9.19. The van der Waals surface area contributed by atoms with Crippen LogP contribution in [0.2, 0.25) is 10.0 Å². The number of halogens is 2. The van der Waals surface area contributed by atoms with Crippen molar-refractivity contribution in [2.45, 2.75) is 6.92 Å². The number of para-hydroxylation sites is 2. The van der Waals surface area contributed by atoms with E-state index in [0.29, 0.717) is 10.0 Å². The van der Waals surface area contributed by atoms with E-state index in [1.807, 2.05) is 54.9 Å². The molecule has 0 aliphatic heterocycles. The van der Waals surface area contributed by atoms with Gasteiger partial charge in [-0.3, -0.25) is 4.98 Å². The van der Waals surface area contributed by atoms with Crippen LogP contribution in [0.4, 0.5) is 11.6 Å². The Balaban J connectivity index is 1.92. The monoisotopic (exact) mass is 356 g/mol. The lowest BCUT2D eigenvalue weighted by atomic mass is 10.1. The van der Waals surface area contributed by atoms with Crippen LogP contribution in [0.3, 0.4) is 0 Å². The second kappa shape index (κ2) is 5.65. The molecule has 0 aliphatic carbocycles. The van der Waals surface area contributed by atoms with Gasteiger partial charge in [0.05, 0.1) is 32.3 Å². The average Bonchev–Trinajstić information content (AvgIpc) is 2.87. The normalized spacial score (nSPS) is 11.3. The van der Waals surface area contributed by atoms with Gasteiger partial charge in [-0.05, 0) is 37.3 Å². The van der Waals surface area contributed by atoms with Crippen LogP contribution in [0.25, 0.3) is 21.9 Å². The maximum absolute atomic E-state index is 6.43. The Hall–Kier alpha value is -2.30. The Kier molecular flexibility index (Phi) is 3.59. The number of hydrogen-bond donors (Lipinski definition) is 1. The summed E-state index contributed by atoms with van der Waals surface area (Å²) in [6, 6.07) is 13.6. The third kappa shape index (κ3) is 2.39. The lowest BCUT2D eigenvalue weighted by Crippen LogP contribution is -2.01. The minimum absolute atomic E-state index is 0.489. The van der Waals surface area contributed by atoms with Crippen LogP contribution < -0.4 is 5.32 Å². The molecular weight excluding hydrogens is 343 g/mol. The molecule has 0 saturated carbocycles. The maximum atomic E-state index is 6.43.